The Morgan fingerprint density at radius 1 is 1.45 bits per heavy atom. The van der Waals surface area contributed by atoms with E-state index in [1.165, 1.54) is 18.3 Å². The van der Waals surface area contributed by atoms with Gasteiger partial charge in [-0.15, -0.1) is 11.3 Å². The van der Waals surface area contributed by atoms with Crippen LogP contribution in [0.4, 0.5) is 0 Å². The third-order valence-corrected chi connectivity index (χ3v) is 4.74. The van der Waals surface area contributed by atoms with Gasteiger partial charge >= 0.3 is 0 Å². The van der Waals surface area contributed by atoms with Crippen molar-refractivity contribution in [2.45, 2.75) is 38.8 Å². The molecule has 1 fully saturated rings. The Morgan fingerprint density at radius 2 is 2.18 bits per heavy atom. The highest BCUT2D eigenvalue weighted by Crippen LogP contribution is 2.21. The lowest BCUT2D eigenvalue weighted by molar-refractivity contribution is -0.137. The predicted molar refractivity (Wildman–Crippen MR) is 84.8 cm³/mol. The van der Waals surface area contributed by atoms with Crippen molar-refractivity contribution in [2.75, 3.05) is 13.1 Å². The quantitative estimate of drug-likeness (QED) is 0.774. The summed E-state index contributed by atoms with van der Waals surface area (Å²) in [5.74, 6) is -0.289. The van der Waals surface area contributed by atoms with Crippen LogP contribution in [0.25, 0.3) is 0 Å². The Bertz CT molecular complexity index is 584. The van der Waals surface area contributed by atoms with Crippen LogP contribution in [-0.2, 0) is 16.0 Å². The van der Waals surface area contributed by atoms with Gasteiger partial charge < -0.3 is 16.0 Å². The second-order valence-electron chi connectivity index (χ2n) is 5.50. The Labute approximate surface area is 133 Å². The summed E-state index contributed by atoms with van der Waals surface area (Å²) in [5.41, 5.74) is 6.71. The van der Waals surface area contributed by atoms with Crippen molar-refractivity contribution >= 4 is 28.9 Å². The van der Waals surface area contributed by atoms with Gasteiger partial charge in [0.05, 0.1) is 11.3 Å². The zero-order valence-corrected chi connectivity index (χ0v) is 13.6. The van der Waals surface area contributed by atoms with Crippen LogP contribution < -0.4 is 11.1 Å². The molecule has 1 aromatic rings. The highest BCUT2D eigenvalue weighted by molar-refractivity contribution is 7.12. The molecule has 2 rings (SSSR count). The van der Waals surface area contributed by atoms with Gasteiger partial charge in [0.2, 0.25) is 11.8 Å². The number of likely N-dealkylation sites (tertiary alicyclic amines) is 1. The molecule has 7 heteroatoms. The molecule has 0 aromatic carbocycles. The molecule has 120 valence electrons. The van der Waals surface area contributed by atoms with Crippen LogP contribution in [0.3, 0.4) is 0 Å². The smallest absolute Gasteiger partial charge is 0.242 e. The fourth-order valence-electron chi connectivity index (χ4n) is 2.61. The summed E-state index contributed by atoms with van der Waals surface area (Å²) in [5, 5.41) is 4.56. The predicted octanol–water partition coefficient (Wildman–Crippen LogP) is 0.558. The molecule has 0 saturated carbocycles. The van der Waals surface area contributed by atoms with E-state index in [0.717, 1.165) is 5.56 Å². The molecule has 1 aliphatic rings. The first-order chi connectivity index (χ1) is 10.4. The van der Waals surface area contributed by atoms with Crippen LogP contribution in [0.5, 0.6) is 0 Å². The van der Waals surface area contributed by atoms with Gasteiger partial charge in [-0.05, 0) is 37.3 Å². The fourth-order valence-corrected chi connectivity index (χ4v) is 3.43. The maximum Gasteiger partial charge on any atom is 0.242 e. The Morgan fingerprint density at radius 3 is 2.77 bits per heavy atom. The zero-order valence-electron chi connectivity index (χ0n) is 12.8. The number of likely N-dealkylation sites (N-methyl/N-ethyl adjacent to an activating group) is 1. The fraction of sp³-hybridized carbons (Fsp3) is 0.533. The third-order valence-electron chi connectivity index (χ3n) is 3.66. The monoisotopic (exact) mass is 323 g/mol. The molecule has 0 unspecified atom stereocenters. The molecule has 1 aliphatic heterocycles. The van der Waals surface area contributed by atoms with Crippen molar-refractivity contribution in [2.24, 2.45) is 5.73 Å². The van der Waals surface area contributed by atoms with E-state index in [9.17, 15) is 14.4 Å². The number of ketones is 1. The van der Waals surface area contributed by atoms with Crippen LogP contribution in [0.15, 0.2) is 11.4 Å². The molecule has 22 heavy (non-hydrogen) atoms. The number of rotatable bonds is 5. The Kier molecular flexibility index (Phi) is 5.31. The molecule has 2 atom stereocenters. The van der Waals surface area contributed by atoms with Crippen molar-refractivity contribution in [1.29, 1.82) is 0 Å². The van der Waals surface area contributed by atoms with Gasteiger partial charge in [-0.1, -0.05) is 0 Å². The van der Waals surface area contributed by atoms with E-state index >= 15 is 0 Å². The first kappa shape index (κ1) is 16.6. The first-order valence-electron chi connectivity index (χ1n) is 7.33. The molecule has 3 N–H and O–H groups in total. The summed E-state index contributed by atoms with van der Waals surface area (Å²) in [7, 11) is 0. The van der Waals surface area contributed by atoms with Crippen LogP contribution >= 0.6 is 11.3 Å². The summed E-state index contributed by atoms with van der Waals surface area (Å²) < 4.78 is 0. The molecule has 2 heterocycles. The van der Waals surface area contributed by atoms with E-state index in [1.54, 1.807) is 11.0 Å². The molecule has 0 aliphatic carbocycles. The highest BCUT2D eigenvalue weighted by Gasteiger charge is 2.37. The van der Waals surface area contributed by atoms with Gasteiger partial charge in [0.15, 0.2) is 5.78 Å². The second-order valence-corrected chi connectivity index (χ2v) is 6.42. The molecular weight excluding hydrogens is 302 g/mol. The summed E-state index contributed by atoms with van der Waals surface area (Å²) in [4.78, 5) is 38.0. The third kappa shape index (κ3) is 3.72. The Hall–Kier alpha value is -1.73. The van der Waals surface area contributed by atoms with Crippen molar-refractivity contribution < 1.29 is 14.4 Å². The zero-order chi connectivity index (χ0) is 16.3. The van der Waals surface area contributed by atoms with Gasteiger partial charge in [0.25, 0.3) is 0 Å². The normalized spacial score (nSPS) is 21.0. The lowest BCUT2D eigenvalue weighted by Gasteiger charge is -2.23. The SMILES string of the molecule is CCNC(=O)[C@@H]1C[C@@H](N)CN1C(=O)Cc1csc(C(C)=O)c1. The number of carbonyl (C=O) groups is 3. The topological polar surface area (TPSA) is 92.5 Å². The van der Waals surface area contributed by atoms with Crippen molar-refractivity contribution in [3.8, 4) is 0 Å². The van der Waals surface area contributed by atoms with E-state index < -0.39 is 6.04 Å². The molecule has 1 saturated heterocycles. The number of nitrogens with zero attached hydrogens (tertiary/aromatic N) is 1. The van der Waals surface area contributed by atoms with Crippen LogP contribution in [0.2, 0.25) is 0 Å². The number of nitrogens with one attached hydrogen (secondary N) is 1. The van der Waals surface area contributed by atoms with E-state index in [1.807, 2.05) is 12.3 Å². The van der Waals surface area contributed by atoms with Gasteiger partial charge in [-0.3, -0.25) is 14.4 Å². The first-order valence-corrected chi connectivity index (χ1v) is 8.21. The molecule has 1 aromatic heterocycles. The van der Waals surface area contributed by atoms with Gasteiger partial charge in [0, 0.05) is 19.1 Å². The molecule has 0 spiro atoms. The lowest BCUT2D eigenvalue weighted by Crippen LogP contribution is -2.46. The average molecular weight is 323 g/mol. The molecular formula is C15H21N3O3S. The summed E-state index contributed by atoms with van der Waals surface area (Å²) in [6.07, 6.45) is 0.673. The average Bonchev–Trinajstić information content (AvgIpc) is 3.05. The lowest BCUT2D eigenvalue weighted by atomic mass is 10.1. The maximum absolute atomic E-state index is 12.5. The van der Waals surface area contributed by atoms with Crippen molar-refractivity contribution in [3.63, 3.8) is 0 Å². The highest BCUT2D eigenvalue weighted by atomic mass is 32.1. The van der Waals surface area contributed by atoms with Gasteiger partial charge in [0.1, 0.15) is 6.04 Å². The molecule has 2 amide bonds. The Balaban J connectivity index is 2.06. The number of nitrogens with two attached hydrogens (primary N) is 1. The minimum atomic E-state index is -0.492. The number of thiophene rings is 1. The van der Waals surface area contributed by atoms with Crippen molar-refractivity contribution in [3.05, 3.63) is 21.9 Å². The minimum Gasteiger partial charge on any atom is -0.355 e. The van der Waals surface area contributed by atoms with E-state index in [4.69, 9.17) is 5.73 Å². The van der Waals surface area contributed by atoms with Crippen LogP contribution in [0, 0.1) is 0 Å². The summed E-state index contributed by atoms with van der Waals surface area (Å²) in [6, 6.07) is 1.07. The maximum atomic E-state index is 12.5. The minimum absolute atomic E-state index is 0.00732. The number of hydrogen-bond acceptors (Lipinski definition) is 5. The van der Waals surface area contributed by atoms with Crippen LogP contribution in [-0.4, -0.2) is 47.7 Å². The molecule has 0 bridgehead atoms. The standard InChI is InChI=1S/C15H21N3O3S/c1-3-17-15(21)12-6-11(16)7-18(12)14(20)5-10-4-13(9(2)19)22-8-10/h4,8,11-12H,3,5-7,16H2,1-2H3,(H,17,21)/t11-,12+/m1/s1. The van der Waals surface area contributed by atoms with Crippen molar-refractivity contribution in [1.82, 2.24) is 10.2 Å². The van der Waals surface area contributed by atoms with Gasteiger partial charge in [-0.2, -0.15) is 0 Å². The largest absolute Gasteiger partial charge is 0.355 e. The number of hydrogen-bond donors (Lipinski definition) is 2. The second kappa shape index (κ2) is 7.02. The van der Waals surface area contributed by atoms with Gasteiger partial charge in [-0.25, -0.2) is 0 Å². The molecule has 6 nitrogen and oxygen atoms in total. The van der Waals surface area contributed by atoms with E-state index in [2.05, 4.69) is 5.32 Å². The molecule has 0 radical (unpaired) electrons. The number of amides is 2. The van der Waals surface area contributed by atoms with Crippen LogP contribution in [0.1, 0.15) is 35.5 Å². The van der Waals surface area contributed by atoms with E-state index in [-0.39, 0.29) is 30.1 Å². The summed E-state index contributed by atoms with van der Waals surface area (Å²) >= 11 is 1.33. The number of carbonyl (C=O) groups excluding carboxylic acids is 3. The summed E-state index contributed by atoms with van der Waals surface area (Å²) in [6.45, 7) is 4.26. The number of Topliss-reactive ketones (excluding diaryl/α,β-unsaturated/α-hetero) is 1. The van der Waals surface area contributed by atoms with E-state index in [0.29, 0.717) is 24.4 Å².